The molecule has 1 amide bonds. The number of carbonyl (C=O) groups excluding carboxylic acids is 1. The maximum Gasteiger partial charge on any atom is 0.254 e. The highest BCUT2D eigenvalue weighted by atomic mass is 19.1. The largest absolute Gasteiger partial charge is 0.379 e. The molecular weight excluding hydrogens is 227 g/mol. The Bertz CT molecular complexity index is 421. The molecule has 1 aliphatic heterocycles. The van der Waals surface area contributed by atoms with Gasteiger partial charge in [-0.05, 0) is 12.5 Å². The fraction of sp³-hybridized carbons (Fsp3) is 0.400. The number of anilines is 1. The van der Waals surface area contributed by atoms with Crippen LogP contribution in [0.4, 0.5) is 10.2 Å². The second-order valence-corrected chi connectivity index (χ2v) is 3.70. The highest BCUT2D eigenvalue weighted by Crippen LogP contribution is 2.14. The van der Waals surface area contributed by atoms with Crippen molar-refractivity contribution < 1.29 is 13.9 Å². The standard InChI is InChI=1S/C10H13FN4O2/c11-8-7(1-3-13-9(8)15-12)10(16)14-6-2-4-17-5-6/h1,3,6H,2,4-5,12H2,(H,13,15)(H,14,16). The van der Waals surface area contributed by atoms with E-state index in [0.29, 0.717) is 13.2 Å². The third-order valence-electron chi connectivity index (χ3n) is 2.54. The normalized spacial score (nSPS) is 19.1. The van der Waals surface area contributed by atoms with E-state index in [9.17, 15) is 9.18 Å². The molecule has 2 rings (SSSR count). The summed E-state index contributed by atoms with van der Waals surface area (Å²) in [5.74, 6) is 3.68. The zero-order valence-electron chi connectivity index (χ0n) is 9.07. The van der Waals surface area contributed by atoms with Gasteiger partial charge in [-0.2, -0.15) is 0 Å². The first-order chi connectivity index (χ1) is 8.22. The molecule has 0 saturated carbocycles. The Kier molecular flexibility index (Phi) is 3.50. The zero-order valence-corrected chi connectivity index (χ0v) is 9.07. The number of hydrogen-bond acceptors (Lipinski definition) is 5. The molecule has 1 fully saturated rings. The van der Waals surface area contributed by atoms with Gasteiger partial charge >= 0.3 is 0 Å². The highest BCUT2D eigenvalue weighted by Gasteiger charge is 2.21. The summed E-state index contributed by atoms with van der Waals surface area (Å²) in [6, 6.07) is 1.24. The Hall–Kier alpha value is -1.73. The molecule has 7 heteroatoms. The minimum Gasteiger partial charge on any atom is -0.379 e. The number of hydrogen-bond donors (Lipinski definition) is 3. The van der Waals surface area contributed by atoms with E-state index in [-0.39, 0.29) is 17.4 Å². The first-order valence-electron chi connectivity index (χ1n) is 5.22. The lowest BCUT2D eigenvalue weighted by atomic mass is 10.2. The summed E-state index contributed by atoms with van der Waals surface area (Å²) < 4.78 is 18.8. The topological polar surface area (TPSA) is 89.3 Å². The number of nitrogen functional groups attached to an aromatic ring is 1. The molecule has 1 atom stereocenters. The Balaban J connectivity index is 2.12. The van der Waals surface area contributed by atoms with E-state index >= 15 is 0 Å². The summed E-state index contributed by atoms with van der Waals surface area (Å²) in [5.41, 5.74) is 2.01. The predicted molar refractivity (Wildman–Crippen MR) is 58.7 cm³/mol. The van der Waals surface area contributed by atoms with Gasteiger partial charge in [0.2, 0.25) is 0 Å². The molecule has 1 aromatic rings. The summed E-state index contributed by atoms with van der Waals surface area (Å²) >= 11 is 0. The second-order valence-electron chi connectivity index (χ2n) is 3.70. The van der Waals surface area contributed by atoms with Gasteiger partial charge in [0, 0.05) is 12.8 Å². The summed E-state index contributed by atoms with van der Waals surface area (Å²) in [6.45, 7) is 1.07. The van der Waals surface area contributed by atoms with E-state index in [4.69, 9.17) is 10.6 Å². The van der Waals surface area contributed by atoms with Crippen molar-refractivity contribution in [2.75, 3.05) is 18.6 Å². The predicted octanol–water partition coefficient (Wildman–Crippen LogP) is 0.0250. The molecule has 0 aromatic carbocycles. The van der Waals surface area contributed by atoms with Crippen molar-refractivity contribution >= 4 is 11.7 Å². The van der Waals surface area contributed by atoms with Crippen LogP contribution in [-0.2, 0) is 4.74 Å². The fourth-order valence-electron chi connectivity index (χ4n) is 1.63. The van der Waals surface area contributed by atoms with Crippen LogP contribution in [0.2, 0.25) is 0 Å². The van der Waals surface area contributed by atoms with Gasteiger partial charge in [0.25, 0.3) is 5.91 Å². The van der Waals surface area contributed by atoms with Crippen molar-refractivity contribution in [3.63, 3.8) is 0 Å². The quantitative estimate of drug-likeness (QED) is 0.512. The number of ether oxygens (including phenoxy) is 1. The number of nitrogens with zero attached hydrogens (tertiary/aromatic N) is 1. The Morgan fingerprint density at radius 2 is 2.47 bits per heavy atom. The number of pyridine rings is 1. The maximum atomic E-state index is 13.7. The van der Waals surface area contributed by atoms with Gasteiger partial charge in [0.15, 0.2) is 11.6 Å². The number of rotatable bonds is 3. The number of carbonyl (C=O) groups is 1. The van der Waals surface area contributed by atoms with E-state index in [1.54, 1.807) is 0 Å². The molecule has 6 nitrogen and oxygen atoms in total. The van der Waals surface area contributed by atoms with Crippen LogP contribution in [0.1, 0.15) is 16.8 Å². The Morgan fingerprint density at radius 3 is 3.12 bits per heavy atom. The zero-order chi connectivity index (χ0) is 12.3. The van der Waals surface area contributed by atoms with Crippen molar-refractivity contribution in [2.45, 2.75) is 12.5 Å². The Morgan fingerprint density at radius 1 is 1.65 bits per heavy atom. The van der Waals surface area contributed by atoms with E-state index in [0.717, 1.165) is 6.42 Å². The molecular formula is C10H13FN4O2. The molecule has 92 valence electrons. The van der Waals surface area contributed by atoms with Crippen molar-refractivity contribution in [1.82, 2.24) is 10.3 Å². The number of nitrogens with one attached hydrogen (secondary N) is 2. The van der Waals surface area contributed by atoms with Crippen LogP contribution in [-0.4, -0.2) is 30.1 Å². The smallest absolute Gasteiger partial charge is 0.254 e. The highest BCUT2D eigenvalue weighted by molar-refractivity contribution is 5.95. The van der Waals surface area contributed by atoms with Gasteiger partial charge in [0.1, 0.15) is 0 Å². The molecule has 1 aliphatic rings. The number of aromatic nitrogens is 1. The van der Waals surface area contributed by atoms with E-state index in [1.165, 1.54) is 12.3 Å². The van der Waals surface area contributed by atoms with Gasteiger partial charge in [0.05, 0.1) is 18.2 Å². The molecule has 1 unspecified atom stereocenters. The van der Waals surface area contributed by atoms with E-state index in [2.05, 4.69) is 15.7 Å². The summed E-state index contributed by atoms with van der Waals surface area (Å²) in [6.07, 6.45) is 2.05. The SMILES string of the molecule is NNc1nccc(C(=O)NC2CCOC2)c1F. The van der Waals surface area contributed by atoms with E-state index < -0.39 is 11.7 Å². The van der Waals surface area contributed by atoms with Crippen LogP contribution in [0.25, 0.3) is 0 Å². The molecule has 0 spiro atoms. The Labute approximate surface area is 97.3 Å². The third kappa shape index (κ3) is 2.51. The molecule has 17 heavy (non-hydrogen) atoms. The lowest BCUT2D eigenvalue weighted by molar-refractivity contribution is 0.0926. The third-order valence-corrected chi connectivity index (χ3v) is 2.54. The van der Waals surface area contributed by atoms with Gasteiger partial charge < -0.3 is 15.5 Å². The maximum absolute atomic E-state index is 13.7. The number of halogens is 1. The summed E-state index contributed by atoms with van der Waals surface area (Å²) in [4.78, 5) is 15.4. The number of hydrazine groups is 1. The monoisotopic (exact) mass is 240 g/mol. The number of nitrogens with two attached hydrogens (primary N) is 1. The molecule has 0 radical (unpaired) electrons. The second kappa shape index (κ2) is 5.07. The number of amides is 1. The van der Waals surface area contributed by atoms with Crippen molar-refractivity contribution in [3.05, 3.63) is 23.6 Å². The van der Waals surface area contributed by atoms with Gasteiger partial charge in [-0.3, -0.25) is 4.79 Å². The summed E-state index contributed by atoms with van der Waals surface area (Å²) in [7, 11) is 0. The van der Waals surface area contributed by atoms with Gasteiger partial charge in [-0.25, -0.2) is 15.2 Å². The summed E-state index contributed by atoms with van der Waals surface area (Å²) in [5, 5.41) is 2.69. The average Bonchev–Trinajstić information content (AvgIpc) is 2.82. The van der Waals surface area contributed by atoms with E-state index in [1.807, 2.05) is 0 Å². The molecule has 0 bridgehead atoms. The molecule has 1 aromatic heterocycles. The lowest BCUT2D eigenvalue weighted by Crippen LogP contribution is -2.35. The fourth-order valence-corrected chi connectivity index (χ4v) is 1.63. The minimum absolute atomic E-state index is 0.0654. The van der Waals surface area contributed by atoms with Crippen molar-refractivity contribution in [3.8, 4) is 0 Å². The molecule has 2 heterocycles. The van der Waals surface area contributed by atoms with Crippen molar-refractivity contribution in [2.24, 2.45) is 5.84 Å². The van der Waals surface area contributed by atoms with Crippen LogP contribution < -0.4 is 16.6 Å². The van der Waals surface area contributed by atoms with Crippen molar-refractivity contribution in [1.29, 1.82) is 0 Å². The lowest BCUT2D eigenvalue weighted by Gasteiger charge is -2.11. The van der Waals surface area contributed by atoms with Crippen LogP contribution in [0.15, 0.2) is 12.3 Å². The van der Waals surface area contributed by atoms with Crippen LogP contribution >= 0.6 is 0 Å². The molecule has 1 saturated heterocycles. The molecule has 0 aliphatic carbocycles. The van der Waals surface area contributed by atoms with Crippen LogP contribution in [0, 0.1) is 5.82 Å². The van der Waals surface area contributed by atoms with Crippen LogP contribution in [0.3, 0.4) is 0 Å². The van der Waals surface area contributed by atoms with Gasteiger partial charge in [-0.15, -0.1) is 0 Å². The molecule has 4 N–H and O–H groups in total. The minimum atomic E-state index is -0.758. The first kappa shape index (κ1) is 11.7. The van der Waals surface area contributed by atoms with Gasteiger partial charge in [-0.1, -0.05) is 0 Å². The van der Waals surface area contributed by atoms with Crippen LogP contribution in [0.5, 0.6) is 0 Å². The average molecular weight is 240 g/mol. The first-order valence-corrected chi connectivity index (χ1v) is 5.22.